The Morgan fingerprint density at radius 3 is 2.35 bits per heavy atom. The van der Waals surface area contributed by atoms with Crippen LogP contribution in [0.4, 0.5) is 5.69 Å². The standard InChI is InChI=1S/C8H12N2O4S3/c9-7-5-8(15-6-7)17(13,14)10-1-3-16(11,12)4-2-10/h5-6H,1-4,9H2. The molecule has 2 N–H and O–H groups in total. The molecule has 0 bridgehead atoms. The highest BCUT2D eigenvalue weighted by Gasteiger charge is 2.31. The monoisotopic (exact) mass is 296 g/mol. The summed E-state index contributed by atoms with van der Waals surface area (Å²) in [6.07, 6.45) is 0. The van der Waals surface area contributed by atoms with Gasteiger partial charge < -0.3 is 5.73 Å². The van der Waals surface area contributed by atoms with Gasteiger partial charge in [0.05, 0.1) is 11.5 Å². The lowest BCUT2D eigenvalue weighted by Crippen LogP contribution is -2.43. The maximum Gasteiger partial charge on any atom is 0.252 e. The molecule has 6 nitrogen and oxygen atoms in total. The van der Waals surface area contributed by atoms with Crippen LogP contribution in [-0.2, 0) is 19.9 Å². The van der Waals surface area contributed by atoms with Crippen LogP contribution in [0, 0.1) is 0 Å². The lowest BCUT2D eigenvalue weighted by Gasteiger charge is -2.25. The lowest BCUT2D eigenvalue weighted by molar-refractivity contribution is 0.432. The Hall–Kier alpha value is -0.640. The predicted octanol–water partition coefficient (Wildman–Crippen LogP) is -0.251. The number of nitrogen functional groups attached to an aromatic ring is 1. The average Bonchev–Trinajstić information content (AvgIpc) is 2.65. The van der Waals surface area contributed by atoms with Crippen molar-refractivity contribution in [2.24, 2.45) is 0 Å². The van der Waals surface area contributed by atoms with Crippen LogP contribution >= 0.6 is 11.3 Å². The van der Waals surface area contributed by atoms with E-state index in [-0.39, 0.29) is 28.8 Å². The van der Waals surface area contributed by atoms with Gasteiger partial charge in [0.2, 0.25) is 0 Å². The molecule has 1 aromatic heterocycles. The molecule has 1 aliphatic rings. The Labute approximate surface area is 104 Å². The van der Waals surface area contributed by atoms with Crippen LogP contribution in [0.5, 0.6) is 0 Å². The molecule has 17 heavy (non-hydrogen) atoms. The summed E-state index contributed by atoms with van der Waals surface area (Å²) in [6.45, 7) is 0.0327. The van der Waals surface area contributed by atoms with E-state index in [0.29, 0.717) is 5.69 Å². The number of hydrogen-bond acceptors (Lipinski definition) is 6. The summed E-state index contributed by atoms with van der Waals surface area (Å²) in [5, 5.41) is 1.55. The number of thiophene rings is 1. The van der Waals surface area contributed by atoms with E-state index in [1.54, 1.807) is 5.38 Å². The number of sulfonamides is 1. The fourth-order valence-electron chi connectivity index (χ4n) is 1.53. The predicted molar refractivity (Wildman–Crippen MR) is 66.1 cm³/mol. The molecule has 0 spiro atoms. The zero-order valence-electron chi connectivity index (χ0n) is 8.87. The van der Waals surface area contributed by atoms with E-state index in [1.807, 2.05) is 0 Å². The molecule has 0 unspecified atom stereocenters. The molecule has 2 rings (SSSR count). The van der Waals surface area contributed by atoms with Crippen molar-refractivity contribution < 1.29 is 16.8 Å². The van der Waals surface area contributed by atoms with Gasteiger partial charge in [-0.15, -0.1) is 11.3 Å². The third-order valence-corrected chi connectivity index (χ3v) is 7.43. The molecular formula is C8H12N2O4S3. The SMILES string of the molecule is Nc1csc(S(=O)(=O)N2CCS(=O)(=O)CC2)c1. The summed E-state index contributed by atoms with van der Waals surface area (Å²) in [5.41, 5.74) is 5.88. The normalized spacial score (nSPS) is 21.4. The topological polar surface area (TPSA) is 97.5 Å². The first-order chi connectivity index (χ1) is 7.81. The second kappa shape index (κ2) is 4.23. The number of anilines is 1. The molecule has 0 saturated carbocycles. The summed E-state index contributed by atoms with van der Waals surface area (Å²) in [6, 6.07) is 1.39. The highest BCUT2D eigenvalue weighted by molar-refractivity contribution is 7.92. The molecule has 1 aromatic rings. The quantitative estimate of drug-likeness (QED) is 0.811. The van der Waals surface area contributed by atoms with Crippen molar-refractivity contribution in [3.05, 3.63) is 11.4 Å². The van der Waals surface area contributed by atoms with Crippen molar-refractivity contribution in [2.75, 3.05) is 30.3 Å². The zero-order chi connectivity index (χ0) is 12.7. The molecule has 0 amide bonds. The van der Waals surface area contributed by atoms with Crippen molar-refractivity contribution in [1.82, 2.24) is 4.31 Å². The molecule has 9 heteroatoms. The summed E-state index contributed by atoms with van der Waals surface area (Å²) in [5.74, 6) is -0.236. The van der Waals surface area contributed by atoms with Crippen molar-refractivity contribution in [3.8, 4) is 0 Å². The van der Waals surface area contributed by atoms with Crippen molar-refractivity contribution in [3.63, 3.8) is 0 Å². The van der Waals surface area contributed by atoms with Gasteiger partial charge in [-0.2, -0.15) is 4.31 Å². The smallest absolute Gasteiger partial charge is 0.252 e. The van der Waals surface area contributed by atoms with Crippen LogP contribution in [0.1, 0.15) is 0 Å². The maximum atomic E-state index is 12.1. The van der Waals surface area contributed by atoms with Gasteiger partial charge in [0.15, 0.2) is 9.84 Å². The first kappa shape index (κ1) is 12.8. The van der Waals surface area contributed by atoms with Crippen LogP contribution < -0.4 is 5.73 Å². The number of hydrogen-bond donors (Lipinski definition) is 1. The molecule has 1 fully saturated rings. The van der Waals surface area contributed by atoms with Gasteiger partial charge in [0.1, 0.15) is 4.21 Å². The van der Waals surface area contributed by atoms with Gasteiger partial charge in [-0.25, -0.2) is 16.8 Å². The van der Waals surface area contributed by atoms with Gasteiger partial charge in [-0.05, 0) is 6.07 Å². The Morgan fingerprint density at radius 2 is 1.88 bits per heavy atom. The first-order valence-electron chi connectivity index (χ1n) is 4.86. The van der Waals surface area contributed by atoms with E-state index in [4.69, 9.17) is 5.73 Å². The van der Waals surface area contributed by atoms with E-state index in [0.717, 1.165) is 11.3 Å². The van der Waals surface area contributed by atoms with Gasteiger partial charge in [-0.1, -0.05) is 0 Å². The third kappa shape index (κ3) is 2.62. The van der Waals surface area contributed by atoms with Gasteiger partial charge >= 0.3 is 0 Å². The van der Waals surface area contributed by atoms with Crippen LogP contribution in [0.25, 0.3) is 0 Å². The van der Waals surface area contributed by atoms with E-state index < -0.39 is 19.9 Å². The Morgan fingerprint density at radius 1 is 1.29 bits per heavy atom. The van der Waals surface area contributed by atoms with Crippen LogP contribution in [0.3, 0.4) is 0 Å². The minimum atomic E-state index is -3.58. The third-order valence-electron chi connectivity index (χ3n) is 2.49. The number of nitrogens with zero attached hydrogens (tertiary/aromatic N) is 1. The molecule has 0 aliphatic carbocycles. The first-order valence-corrected chi connectivity index (χ1v) is 9.00. The average molecular weight is 296 g/mol. The van der Waals surface area contributed by atoms with Gasteiger partial charge in [-0.3, -0.25) is 0 Å². The van der Waals surface area contributed by atoms with E-state index >= 15 is 0 Å². The summed E-state index contributed by atoms with van der Waals surface area (Å²) in [7, 11) is -6.66. The van der Waals surface area contributed by atoms with Gasteiger partial charge in [0.25, 0.3) is 10.0 Å². The minimum absolute atomic E-state index is 0.0163. The highest BCUT2D eigenvalue weighted by Crippen LogP contribution is 2.25. The Bertz CT molecular complexity index is 603. The van der Waals surface area contributed by atoms with Crippen molar-refractivity contribution in [1.29, 1.82) is 0 Å². The van der Waals surface area contributed by atoms with Crippen LogP contribution in [-0.4, -0.2) is 45.7 Å². The van der Waals surface area contributed by atoms with E-state index in [9.17, 15) is 16.8 Å². The van der Waals surface area contributed by atoms with Crippen molar-refractivity contribution in [2.45, 2.75) is 4.21 Å². The molecule has 96 valence electrons. The van der Waals surface area contributed by atoms with E-state index in [1.165, 1.54) is 10.4 Å². The van der Waals surface area contributed by atoms with Crippen molar-refractivity contribution >= 4 is 36.9 Å². The molecule has 0 aromatic carbocycles. The van der Waals surface area contributed by atoms with Gasteiger partial charge in [0, 0.05) is 24.2 Å². The second-order valence-corrected chi connectivity index (χ2v) is 9.13. The zero-order valence-corrected chi connectivity index (χ0v) is 11.3. The molecule has 1 aliphatic heterocycles. The number of rotatable bonds is 2. The van der Waals surface area contributed by atoms with Crippen LogP contribution in [0.15, 0.2) is 15.7 Å². The number of sulfone groups is 1. The largest absolute Gasteiger partial charge is 0.398 e. The Kier molecular flexibility index (Phi) is 3.19. The van der Waals surface area contributed by atoms with Crippen LogP contribution in [0.2, 0.25) is 0 Å². The fourth-order valence-corrected chi connectivity index (χ4v) is 5.64. The Balaban J connectivity index is 2.24. The second-order valence-electron chi connectivity index (χ2n) is 3.75. The summed E-state index contributed by atoms with van der Waals surface area (Å²) >= 11 is 1.05. The van der Waals surface area contributed by atoms with E-state index in [2.05, 4.69) is 0 Å². The summed E-state index contributed by atoms with van der Waals surface area (Å²) in [4.78, 5) is 0. The molecule has 0 radical (unpaired) electrons. The maximum absolute atomic E-state index is 12.1. The highest BCUT2D eigenvalue weighted by atomic mass is 32.2. The lowest BCUT2D eigenvalue weighted by atomic mass is 10.6. The minimum Gasteiger partial charge on any atom is -0.398 e. The molecule has 0 atom stereocenters. The molecular weight excluding hydrogens is 284 g/mol. The fraction of sp³-hybridized carbons (Fsp3) is 0.500. The number of nitrogens with two attached hydrogens (primary N) is 1. The molecule has 1 saturated heterocycles. The molecule has 2 heterocycles. The summed E-state index contributed by atoms with van der Waals surface area (Å²) < 4.78 is 48.0.